The SMILES string of the molecule is Cc1cc(=O)c(C(=O)Nc2cccc(CSc3ccccn3)c2)nn1-c1ccccc1F. The normalized spacial score (nSPS) is 10.7. The molecule has 0 radical (unpaired) electrons. The van der Waals surface area contributed by atoms with Crippen molar-refractivity contribution in [2.45, 2.75) is 17.7 Å². The Morgan fingerprint density at radius 2 is 1.88 bits per heavy atom. The summed E-state index contributed by atoms with van der Waals surface area (Å²) in [7, 11) is 0. The average molecular weight is 447 g/mol. The fraction of sp³-hybridized carbons (Fsp3) is 0.0833. The first-order chi connectivity index (χ1) is 15.5. The third kappa shape index (κ3) is 4.92. The summed E-state index contributed by atoms with van der Waals surface area (Å²) in [6.07, 6.45) is 1.74. The standard InChI is InChI=1S/C24H19FN4O2S/c1-16-13-21(30)23(28-29(16)20-10-3-2-9-19(20)25)24(31)27-18-8-6-7-17(14-18)15-32-22-11-4-5-12-26-22/h2-14H,15H2,1H3,(H,27,31). The molecule has 8 heteroatoms. The van der Waals surface area contributed by atoms with Crippen molar-refractivity contribution in [2.24, 2.45) is 0 Å². The van der Waals surface area contributed by atoms with Crippen LogP contribution in [0.1, 0.15) is 21.7 Å². The van der Waals surface area contributed by atoms with E-state index in [0.717, 1.165) is 10.6 Å². The van der Waals surface area contributed by atoms with Crippen molar-refractivity contribution in [3.8, 4) is 5.69 Å². The lowest BCUT2D eigenvalue weighted by atomic mass is 10.2. The number of amides is 1. The fourth-order valence-electron chi connectivity index (χ4n) is 3.09. The van der Waals surface area contributed by atoms with Crippen LogP contribution in [0.15, 0.2) is 88.8 Å². The molecular formula is C24H19FN4O2S. The van der Waals surface area contributed by atoms with Gasteiger partial charge < -0.3 is 5.32 Å². The van der Waals surface area contributed by atoms with E-state index in [2.05, 4.69) is 15.4 Å². The number of anilines is 1. The van der Waals surface area contributed by atoms with Gasteiger partial charge in [-0.2, -0.15) is 5.10 Å². The molecule has 0 saturated heterocycles. The third-order valence-corrected chi connectivity index (χ3v) is 5.63. The van der Waals surface area contributed by atoms with Crippen molar-refractivity contribution in [1.82, 2.24) is 14.8 Å². The predicted molar refractivity (Wildman–Crippen MR) is 123 cm³/mol. The van der Waals surface area contributed by atoms with Gasteiger partial charge in [0.2, 0.25) is 5.43 Å². The summed E-state index contributed by atoms with van der Waals surface area (Å²) in [5.41, 5.74) is 1.26. The number of thioether (sulfide) groups is 1. The van der Waals surface area contributed by atoms with E-state index in [9.17, 15) is 14.0 Å². The Bertz CT molecular complexity index is 1330. The van der Waals surface area contributed by atoms with Crippen LogP contribution < -0.4 is 10.7 Å². The highest BCUT2D eigenvalue weighted by atomic mass is 32.2. The quantitative estimate of drug-likeness (QED) is 0.438. The first kappa shape index (κ1) is 21.5. The predicted octanol–water partition coefficient (Wildman–Crippen LogP) is 4.62. The Hall–Kier alpha value is -3.78. The molecule has 4 rings (SSSR count). The van der Waals surface area contributed by atoms with Gasteiger partial charge in [-0.15, -0.1) is 11.8 Å². The number of aryl methyl sites for hydroxylation is 1. The van der Waals surface area contributed by atoms with E-state index in [4.69, 9.17) is 0 Å². The van der Waals surface area contributed by atoms with E-state index in [1.54, 1.807) is 43.1 Å². The van der Waals surface area contributed by atoms with Crippen LogP contribution in [0.4, 0.5) is 10.1 Å². The lowest BCUT2D eigenvalue weighted by molar-refractivity contribution is 0.101. The maximum absolute atomic E-state index is 14.2. The molecule has 0 aliphatic heterocycles. The van der Waals surface area contributed by atoms with Gasteiger partial charge in [-0.25, -0.2) is 14.1 Å². The van der Waals surface area contributed by atoms with Crippen LogP contribution in [0, 0.1) is 12.7 Å². The zero-order valence-corrected chi connectivity index (χ0v) is 18.0. The summed E-state index contributed by atoms with van der Waals surface area (Å²) in [6.45, 7) is 1.63. The summed E-state index contributed by atoms with van der Waals surface area (Å²) >= 11 is 1.58. The molecule has 1 amide bonds. The van der Waals surface area contributed by atoms with Gasteiger partial charge >= 0.3 is 0 Å². The van der Waals surface area contributed by atoms with E-state index in [1.807, 2.05) is 36.4 Å². The Balaban J connectivity index is 1.55. The van der Waals surface area contributed by atoms with E-state index in [1.165, 1.54) is 22.9 Å². The van der Waals surface area contributed by atoms with Gasteiger partial charge in [0.15, 0.2) is 5.69 Å². The van der Waals surface area contributed by atoms with Gasteiger partial charge in [-0.05, 0) is 48.9 Å². The third-order valence-electron chi connectivity index (χ3n) is 4.61. The van der Waals surface area contributed by atoms with E-state index >= 15 is 0 Å². The van der Waals surface area contributed by atoms with E-state index < -0.39 is 17.2 Å². The zero-order chi connectivity index (χ0) is 22.5. The maximum atomic E-state index is 14.2. The Morgan fingerprint density at radius 1 is 1.06 bits per heavy atom. The second-order valence-electron chi connectivity index (χ2n) is 6.97. The minimum absolute atomic E-state index is 0.160. The van der Waals surface area contributed by atoms with Crippen molar-refractivity contribution < 1.29 is 9.18 Å². The molecule has 2 heterocycles. The molecule has 0 bridgehead atoms. The second-order valence-corrected chi connectivity index (χ2v) is 7.97. The molecular weight excluding hydrogens is 427 g/mol. The Kier molecular flexibility index (Phi) is 6.42. The van der Waals surface area contributed by atoms with Crippen LogP contribution in [0.3, 0.4) is 0 Å². The Labute approximate surface area is 188 Å². The molecule has 0 aliphatic carbocycles. The highest BCUT2D eigenvalue weighted by Gasteiger charge is 2.17. The molecule has 0 aliphatic rings. The number of hydrogen-bond donors (Lipinski definition) is 1. The molecule has 0 spiro atoms. The van der Waals surface area contributed by atoms with E-state index in [-0.39, 0.29) is 11.4 Å². The maximum Gasteiger partial charge on any atom is 0.280 e. The molecule has 32 heavy (non-hydrogen) atoms. The molecule has 160 valence electrons. The van der Waals surface area contributed by atoms with Gasteiger partial charge in [-0.3, -0.25) is 9.59 Å². The first-order valence-corrected chi connectivity index (χ1v) is 10.8. The highest BCUT2D eigenvalue weighted by molar-refractivity contribution is 7.98. The topological polar surface area (TPSA) is 76.9 Å². The number of para-hydroxylation sites is 1. The highest BCUT2D eigenvalue weighted by Crippen LogP contribution is 2.22. The van der Waals surface area contributed by atoms with Crippen LogP contribution in [-0.2, 0) is 5.75 Å². The van der Waals surface area contributed by atoms with Gasteiger partial charge in [0.05, 0.1) is 5.03 Å². The summed E-state index contributed by atoms with van der Waals surface area (Å²) in [6, 6.07) is 20.4. The van der Waals surface area contributed by atoms with Crippen molar-refractivity contribution in [1.29, 1.82) is 0 Å². The summed E-state index contributed by atoms with van der Waals surface area (Å²) in [5.74, 6) is -0.491. The number of hydrogen-bond acceptors (Lipinski definition) is 5. The number of halogens is 1. The zero-order valence-electron chi connectivity index (χ0n) is 17.2. The summed E-state index contributed by atoms with van der Waals surface area (Å²) in [4.78, 5) is 29.5. The van der Waals surface area contributed by atoms with Crippen molar-refractivity contribution in [3.63, 3.8) is 0 Å². The van der Waals surface area contributed by atoms with Crippen LogP contribution in [0.2, 0.25) is 0 Å². The number of nitrogens with zero attached hydrogens (tertiary/aromatic N) is 3. The minimum Gasteiger partial charge on any atom is -0.320 e. The van der Waals surface area contributed by atoms with Crippen LogP contribution >= 0.6 is 11.8 Å². The molecule has 2 aromatic carbocycles. The number of aromatic nitrogens is 3. The summed E-state index contributed by atoms with van der Waals surface area (Å²) < 4.78 is 15.5. The van der Waals surface area contributed by atoms with Gasteiger partial charge in [0.25, 0.3) is 5.91 Å². The van der Waals surface area contributed by atoms with Crippen molar-refractivity contribution in [2.75, 3.05) is 5.32 Å². The number of carbonyl (C=O) groups excluding carboxylic acids is 1. The molecule has 6 nitrogen and oxygen atoms in total. The number of carbonyl (C=O) groups is 1. The summed E-state index contributed by atoms with van der Waals surface area (Å²) in [5, 5.41) is 7.76. The molecule has 4 aromatic rings. The molecule has 0 saturated carbocycles. The van der Waals surface area contributed by atoms with Gasteiger partial charge in [0.1, 0.15) is 11.5 Å². The smallest absolute Gasteiger partial charge is 0.280 e. The molecule has 1 N–H and O–H groups in total. The van der Waals surface area contributed by atoms with Crippen LogP contribution in [-0.4, -0.2) is 20.7 Å². The molecule has 0 atom stereocenters. The lowest BCUT2D eigenvalue weighted by Gasteiger charge is -2.12. The van der Waals surface area contributed by atoms with Crippen LogP contribution in [0.5, 0.6) is 0 Å². The van der Waals surface area contributed by atoms with Crippen molar-refractivity contribution >= 4 is 23.4 Å². The average Bonchev–Trinajstić information content (AvgIpc) is 2.79. The number of benzene rings is 2. The second kappa shape index (κ2) is 9.57. The fourth-order valence-corrected chi connectivity index (χ4v) is 3.90. The number of rotatable bonds is 6. The lowest BCUT2D eigenvalue weighted by Crippen LogP contribution is -2.27. The van der Waals surface area contributed by atoms with E-state index in [0.29, 0.717) is 17.1 Å². The molecule has 2 aromatic heterocycles. The van der Waals surface area contributed by atoms with Gasteiger partial charge in [-0.1, -0.05) is 30.3 Å². The first-order valence-electron chi connectivity index (χ1n) is 9.81. The Morgan fingerprint density at radius 3 is 2.66 bits per heavy atom. The monoisotopic (exact) mass is 446 g/mol. The number of pyridine rings is 1. The number of nitrogens with one attached hydrogen (secondary N) is 1. The molecule has 0 unspecified atom stereocenters. The minimum atomic E-state index is -0.658. The van der Waals surface area contributed by atoms with Crippen molar-refractivity contribution in [3.05, 3.63) is 112 Å². The van der Waals surface area contributed by atoms with Gasteiger partial charge in [0, 0.05) is 29.4 Å². The molecule has 0 fully saturated rings. The largest absolute Gasteiger partial charge is 0.320 e. The van der Waals surface area contributed by atoms with Crippen LogP contribution in [0.25, 0.3) is 5.69 Å².